The number of anilines is 1. The summed E-state index contributed by atoms with van der Waals surface area (Å²) in [5, 5.41) is 0. The van der Waals surface area contributed by atoms with Gasteiger partial charge in [0.05, 0.1) is 12.0 Å². The zero-order valence-corrected chi connectivity index (χ0v) is 14.5. The first-order valence-electron chi connectivity index (χ1n) is 8.41. The van der Waals surface area contributed by atoms with E-state index in [2.05, 4.69) is 47.4 Å². The minimum absolute atomic E-state index is 0. The van der Waals surface area contributed by atoms with Crippen molar-refractivity contribution in [3.8, 4) is 0 Å². The molecule has 2 saturated heterocycles. The second-order valence-corrected chi connectivity index (χ2v) is 6.73. The van der Waals surface area contributed by atoms with Gasteiger partial charge in [0.15, 0.2) is 0 Å². The second-order valence-electron chi connectivity index (χ2n) is 6.73. The molecule has 0 radical (unpaired) electrons. The SMILES string of the molecule is Cl.O=C1CC2(CCN(Cc3ccccc3)CC2)N1c1ccccc1. The Morgan fingerprint density at radius 1 is 0.875 bits per heavy atom. The van der Waals surface area contributed by atoms with Gasteiger partial charge in [0.1, 0.15) is 0 Å². The van der Waals surface area contributed by atoms with Crippen LogP contribution in [0.3, 0.4) is 0 Å². The molecule has 2 fully saturated rings. The first-order chi connectivity index (χ1) is 11.3. The monoisotopic (exact) mass is 342 g/mol. The van der Waals surface area contributed by atoms with E-state index >= 15 is 0 Å². The van der Waals surface area contributed by atoms with Crippen molar-refractivity contribution in [1.82, 2.24) is 4.90 Å². The molecule has 3 nitrogen and oxygen atoms in total. The van der Waals surface area contributed by atoms with Gasteiger partial charge in [-0.05, 0) is 30.5 Å². The molecule has 0 saturated carbocycles. The van der Waals surface area contributed by atoms with E-state index in [1.54, 1.807) is 0 Å². The maximum absolute atomic E-state index is 12.2. The van der Waals surface area contributed by atoms with Crippen molar-refractivity contribution in [2.24, 2.45) is 0 Å². The number of amides is 1. The number of likely N-dealkylation sites (tertiary alicyclic amines) is 1. The van der Waals surface area contributed by atoms with E-state index in [9.17, 15) is 4.79 Å². The van der Waals surface area contributed by atoms with Crippen LogP contribution in [0, 0.1) is 0 Å². The van der Waals surface area contributed by atoms with Gasteiger partial charge in [0.2, 0.25) is 5.91 Å². The van der Waals surface area contributed by atoms with Crippen molar-refractivity contribution in [3.63, 3.8) is 0 Å². The number of carbonyl (C=O) groups is 1. The number of rotatable bonds is 3. The van der Waals surface area contributed by atoms with Gasteiger partial charge in [0.25, 0.3) is 0 Å². The van der Waals surface area contributed by atoms with Crippen molar-refractivity contribution in [1.29, 1.82) is 0 Å². The van der Waals surface area contributed by atoms with E-state index in [-0.39, 0.29) is 23.9 Å². The fourth-order valence-corrected chi connectivity index (χ4v) is 3.98. The average molecular weight is 343 g/mol. The average Bonchev–Trinajstić information content (AvgIpc) is 2.58. The molecule has 2 aliphatic heterocycles. The van der Waals surface area contributed by atoms with Crippen LogP contribution in [0.25, 0.3) is 0 Å². The normalized spacial score (nSPS) is 19.7. The van der Waals surface area contributed by atoms with Crippen molar-refractivity contribution in [3.05, 3.63) is 66.2 Å². The van der Waals surface area contributed by atoms with Crippen molar-refractivity contribution >= 4 is 24.0 Å². The number of carbonyl (C=O) groups excluding carboxylic acids is 1. The molecule has 126 valence electrons. The number of halogens is 1. The van der Waals surface area contributed by atoms with E-state index < -0.39 is 0 Å². The highest BCUT2D eigenvalue weighted by Crippen LogP contribution is 2.44. The molecule has 2 heterocycles. The van der Waals surface area contributed by atoms with Gasteiger partial charge in [-0.15, -0.1) is 12.4 Å². The van der Waals surface area contributed by atoms with Crippen molar-refractivity contribution < 1.29 is 4.79 Å². The highest BCUT2D eigenvalue weighted by Gasteiger charge is 2.52. The highest BCUT2D eigenvalue weighted by atomic mass is 35.5. The molecule has 24 heavy (non-hydrogen) atoms. The summed E-state index contributed by atoms with van der Waals surface area (Å²) >= 11 is 0. The van der Waals surface area contributed by atoms with E-state index in [0.29, 0.717) is 6.42 Å². The Hall–Kier alpha value is -1.84. The Morgan fingerprint density at radius 3 is 2.04 bits per heavy atom. The molecule has 4 heteroatoms. The molecule has 1 spiro atoms. The number of piperidine rings is 1. The standard InChI is InChI=1S/C20H22N2O.ClH/c23-19-15-20(22(19)18-9-5-2-6-10-18)11-13-21(14-12-20)16-17-7-3-1-4-8-17;/h1-10H,11-16H2;1H. The lowest BCUT2D eigenvalue weighted by molar-refractivity contribution is -0.129. The lowest BCUT2D eigenvalue weighted by atomic mass is 9.75. The van der Waals surface area contributed by atoms with Crippen LogP contribution in [0.4, 0.5) is 5.69 Å². The molecule has 0 N–H and O–H groups in total. The third-order valence-corrected chi connectivity index (χ3v) is 5.25. The van der Waals surface area contributed by atoms with Gasteiger partial charge < -0.3 is 4.90 Å². The summed E-state index contributed by atoms with van der Waals surface area (Å²) in [6, 6.07) is 20.8. The molecule has 1 amide bonds. The summed E-state index contributed by atoms with van der Waals surface area (Å²) in [6.07, 6.45) is 2.85. The third kappa shape index (κ3) is 3.06. The van der Waals surface area contributed by atoms with E-state index in [1.807, 2.05) is 23.1 Å². The minimum Gasteiger partial charge on any atom is -0.306 e. The van der Waals surface area contributed by atoms with Crippen LogP contribution >= 0.6 is 12.4 Å². The Bertz CT molecular complexity index is 681. The van der Waals surface area contributed by atoms with Crippen LogP contribution in [-0.2, 0) is 11.3 Å². The Morgan fingerprint density at radius 2 is 1.46 bits per heavy atom. The molecule has 2 aromatic rings. The van der Waals surface area contributed by atoms with E-state index in [1.165, 1.54) is 5.56 Å². The molecule has 4 rings (SSSR count). The van der Waals surface area contributed by atoms with E-state index in [0.717, 1.165) is 38.2 Å². The predicted molar refractivity (Wildman–Crippen MR) is 99.5 cm³/mol. The lowest BCUT2D eigenvalue weighted by Crippen LogP contribution is -2.67. The first kappa shape index (κ1) is 17.0. The Balaban J connectivity index is 0.00000169. The maximum atomic E-state index is 12.2. The van der Waals surface area contributed by atoms with Gasteiger partial charge in [-0.3, -0.25) is 9.69 Å². The first-order valence-corrected chi connectivity index (χ1v) is 8.41. The molecular formula is C20H23ClN2O. The second kappa shape index (κ2) is 6.96. The molecule has 0 bridgehead atoms. The summed E-state index contributed by atoms with van der Waals surface area (Å²) in [4.78, 5) is 16.7. The zero-order valence-electron chi connectivity index (χ0n) is 13.7. The molecular weight excluding hydrogens is 320 g/mol. The fourth-order valence-electron chi connectivity index (χ4n) is 3.98. The number of hydrogen-bond acceptors (Lipinski definition) is 2. The predicted octanol–water partition coefficient (Wildman–Crippen LogP) is 3.88. The van der Waals surface area contributed by atoms with Crippen LogP contribution in [0.2, 0.25) is 0 Å². The van der Waals surface area contributed by atoms with Crippen LogP contribution in [0.15, 0.2) is 60.7 Å². The summed E-state index contributed by atoms with van der Waals surface area (Å²) in [5.41, 5.74) is 2.49. The third-order valence-electron chi connectivity index (χ3n) is 5.25. The summed E-state index contributed by atoms with van der Waals surface area (Å²) in [7, 11) is 0. The van der Waals surface area contributed by atoms with Crippen LogP contribution in [0.5, 0.6) is 0 Å². The minimum atomic E-state index is 0. The Labute approximate surface area is 149 Å². The Kier molecular flexibility index (Phi) is 4.93. The summed E-state index contributed by atoms with van der Waals surface area (Å²) in [6.45, 7) is 3.13. The van der Waals surface area contributed by atoms with Crippen molar-refractivity contribution in [2.45, 2.75) is 31.3 Å². The number of para-hydroxylation sites is 1. The number of nitrogens with zero attached hydrogens (tertiary/aromatic N) is 2. The van der Waals surface area contributed by atoms with Gasteiger partial charge in [-0.1, -0.05) is 48.5 Å². The molecule has 0 aromatic heterocycles. The smallest absolute Gasteiger partial charge is 0.229 e. The van der Waals surface area contributed by atoms with Crippen molar-refractivity contribution in [2.75, 3.05) is 18.0 Å². The molecule has 0 atom stereocenters. The van der Waals surface area contributed by atoms with E-state index in [4.69, 9.17) is 0 Å². The number of hydrogen-bond donors (Lipinski definition) is 0. The largest absolute Gasteiger partial charge is 0.306 e. The molecule has 0 aliphatic carbocycles. The quantitative estimate of drug-likeness (QED) is 0.790. The topological polar surface area (TPSA) is 23.6 Å². The highest BCUT2D eigenvalue weighted by molar-refractivity contribution is 6.02. The molecule has 0 unspecified atom stereocenters. The van der Waals surface area contributed by atoms with Crippen LogP contribution < -0.4 is 4.90 Å². The maximum Gasteiger partial charge on any atom is 0.229 e. The number of benzene rings is 2. The molecule has 2 aromatic carbocycles. The molecule has 2 aliphatic rings. The van der Waals surface area contributed by atoms with Gasteiger partial charge >= 0.3 is 0 Å². The fraction of sp³-hybridized carbons (Fsp3) is 0.350. The number of β-lactam (4-membered cyclic amide) rings is 1. The zero-order chi connectivity index (χ0) is 15.7. The summed E-state index contributed by atoms with van der Waals surface area (Å²) in [5.74, 6) is 0.271. The van der Waals surface area contributed by atoms with Gasteiger partial charge in [-0.2, -0.15) is 0 Å². The van der Waals surface area contributed by atoms with Crippen LogP contribution in [0.1, 0.15) is 24.8 Å². The lowest BCUT2D eigenvalue weighted by Gasteiger charge is -2.55. The van der Waals surface area contributed by atoms with Crippen LogP contribution in [-0.4, -0.2) is 29.4 Å². The van der Waals surface area contributed by atoms with Gasteiger partial charge in [-0.25, -0.2) is 0 Å². The summed E-state index contributed by atoms with van der Waals surface area (Å²) < 4.78 is 0. The van der Waals surface area contributed by atoms with Gasteiger partial charge in [0, 0.05) is 25.3 Å².